The van der Waals surface area contributed by atoms with Crippen molar-refractivity contribution in [3.05, 3.63) is 90.1 Å². The lowest BCUT2D eigenvalue weighted by Gasteiger charge is -2.19. The molecule has 2 aromatic heterocycles. The van der Waals surface area contributed by atoms with E-state index in [1.54, 1.807) is 18.3 Å². The van der Waals surface area contributed by atoms with Crippen LogP contribution in [0.1, 0.15) is 35.7 Å². The lowest BCUT2D eigenvalue weighted by atomic mass is 10.0. The fourth-order valence-corrected chi connectivity index (χ4v) is 4.02. The number of nitrogens with two attached hydrogens (primary N) is 1. The van der Waals surface area contributed by atoms with E-state index < -0.39 is 5.91 Å². The first kappa shape index (κ1) is 23.0. The van der Waals surface area contributed by atoms with Gasteiger partial charge in [-0.15, -0.1) is 0 Å². The Morgan fingerprint density at radius 2 is 1.72 bits per heavy atom. The molecule has 0 aliphatic rings. The van der Waals surface area contributed by atoms with Crippen LogP contribution in [-0.2, 0) is 0 Å². The number of nitrogens with zero attached hydrogens (tertiary/aromatic N) is 4. The van der Waals surface area contributed by atoms with E-state index in [0.29, 0.717) is 28.8 Å². The van der Waals surface area contributed by atoms with Crippen molar-refractivity contribution in [2.75, 3.05) is 17.3 Å². The molecule has 0 unspecified atom stereocenters. The van der Waals surface area contributed by atoms with Crippen LogP contribution in [0, 0.1) is 0 Å². The monoisotopic (exact) mass is 477 g/mol. The number of hydrogen-bond acceptors (Lipinski definition) is 6. The van der Waals surface area contributed by atoms with Crippen molar-refractivity contribution < 1.29 is 4.79 Å². The third kappa shape index (κ3) is 4.61. The molecule has 0 atom stereocenters. The van der Waals surface area contributed by atoms with Gasteiger partial charge < -0.3 is 20.9 Å². The number of para-hydroxylation sites is 1. The second-order valence-electron chi connectivity index (χ2n) is 8.90. The van der Waals surface area contributed by atoms with Crippen molar-refractivity contribution in [3.63, 3.8) is 0 Å². The minimum atomic E-state index is -0.501. The van der Waals surface area contributed by atoms with Crippen LogP contribution in [-0.4, -0.2) is 32.9 Å². The number of imidazole rings is 1. The number of rotatable bonds is 7. The summed E-state index contributed by atoms with van der Waals surface area (Å²) in [6.45, 7) is 4.37. The van der Waals surface area contributed by atoms with Crippen LogP contribution >= 0.6 is 0 Å². The largest absolute Gasteiger partial charge is 0.366 e. The molecule has 180 valence electrons. The van der Waals surface area contributed by atoms with Gasteiger partial charge >= 0.3 is 0 Å². The normalized spacial score (nSPS) is 11.1. The maximum atomic E-state index is 11.7. The van der Waals surface area contributed by atoms with Gasteiger partial charge in [0.15, 0.2) is 0 Å². The highest BCUT2D eigenvalue weighted by molar-refractivity contribution is 6.04. The fraction of sp³-hybridized carbons (Fsp3) is 0.143. The second kappa shape index (κ2) is 9.50. The summed E-state index contributed by atoms with van der Waals surface area (Å²) in [5.74, 6) is 1.94. The van der Waals surface area contributed by atoms with Crippen molar-refractivity contribution in [1.29, 1.82) is 0 Å². The van der Waals surface area contributed by atoms with Gasteiger partial charge in [0, 0.05) is 30.2 Å². The number of primary amides is 1. The number of aromatic amines is 1. The molecule has 0 aliphatic heterocycles. The Balaban J connectivity index is 1.33. The van der Waals surface area contributed by atoms with Crippen LogP contribution in [0.15, 0.2) is 79.0 Å². The maximum absolute atomic E-state index is 11.7. The molecule has 0 spiro atoms. The van der Waals surface area contributed by atoms with E-state index in [-0.39, 0.29) is 0 Å². The summed E-state index contributed by atoms with van der Waals surface area (Å²) in [4.78, 5) is 30.6. The molecule has 5 aromatic rings. The van der Waals surface area contributed by atoms with Crippen molar-refractivity contribution >= 4 is 40.1 Å². The summed E-state index contributed by atoms with van der Waals surface area (Å²) < 4.78 is 0. The highest BCUT2D eigenvalue weighted by atomic mass is 16.1. The average molecular weight is 478 g/mol. The van der Waals surface area contributed by atoms with E-state index in [1.165, 1.54) is 5.56 Å². The quantitative estimate of drug-likeness (QED) is 0.275. The molecule has 0 bridgehead atoms. The molecule has 4 N–H and O–H groups in total. The SMILES string of the molecule is CC(C)c1ccc(N(C)c2ccnc(Nc3ccc(-c4nc5c(C(N)=O)cccc5[nH]4)cc3)n2)cc1. The van der Waals surface area contributed by atoms with Gasteiger partial charge in [-0.05, 0) is 66.1 Å². The third-order valence-electron chi connectivity index (χ3n) is 6.12. The zero-order chi connectivity index (χ0) is 25.2. The highest BCUT2D eigenvalue weighted by Gasteiger charge is 2.13. The standard InChI is InChI=1S/C28H27N7O/c1-17(2)18-9-13-21(14-10-18)35(3)24-15-16-30-28(33-24)31-20-11-7-19(8-12-20)27-32-23-6-4-5-22(26(29)36)25(23)34-27/h4-17H,1-3H3,(H2,29,36)(H,32,34)(H,30,31,33). The molecule has 0 fully saturated rings. The molecule has 36 heavy (non-hydrogen) atoms. The Hall–Kier alpha value is -4.72. The van der Waals surface area contributed by atoms with Gasteiger partial charge in [-0.25, -0.2) is 9.97 Å². The Morgan fingerprint density at radius 3 is 2.42 bits per heavy atom. The molecule has 5 rings (SSSR count). The number of nitrogens with one attached hydrogen (secondary N) is 2. The molecule has 0 aliphatic carbocycles. The number of benzene rings is 3. The van der Waals surface area contributed by atoms with Crippen LogP contribution in [0.25, 0.3) is 22.4 Å². The Kier molecular flexibility index (Phi) is 6.08. The first-order valence-electron chi connectivity index (χ1n) is 11.7. The van der Waals surface area contributed by atoms with Gasteiger partial charge in [0.1, 0.15) is 17.2 Å². The van der Waals surface area contributed by atoms with Gasteiger partial charge in [-0.3, -0.25) is 4.79 Å². The van der Waals surface area contributed by atoms with E-state index in [0.717, 1.165) is 28.3 Å². The smallest absolute Gasteiger partial charge is 0.250 e. The predicted molar refractivity (Wildman–Crippen MR) is 144 cm³/mol. The summed E-state index contributed by atoms with van der Waals surface area (Å²) in [5, 5.41) is 3.26. The molecule has 0 radical (unpaired) electrons. The molecule has 8 heteroatoms. The number of anilines is 4. The lowest BCUT2D eigenvalue weighted by molar-refractivity contribution is 0.100. The van der Waals surface area contributed by atoms with Crippen LogP contribution in [0.3, 0.4) is 0 Å². The summed E-state index contributed by atoms with van der Waals surface area (Å²) in [6, 6.07) is 23.5. The molecule has 3 aromatic carbocycles. The third-order valence-corrected chi connectivity index (χ3v) is 6.12. The molecule has 0 saturated heterocycles. The van der Waals surface area contributed by atoms with Crippen LogP contribution in [0.2, 0.25) is 0 Å². The Bertz CT molecular complexity index is 1520. The number of carbonyl (C=O) groups excluding carboxylic acids is 1. The van der Waals surface area contributed by atoms with E-state index in [4.69, 9.17) is 5.73 Å². The highest BCUT2D eigenvalue weighted by Crippen LogP contribution is 2.27. The summed E-state index contributed by atoms with van der Waals surface area (Å²) in [5.41, 5.74) is 11.3. The van der Waals surface area contributed by atoms with E-state index in [1.807, 2.05) is 48.3 Å². The summed E-state index contributed by atoms with van der Waals surface area (Å²) in [6.07, 6.45) is 1.74. The molecule has 1 amide bonds. The van der Waals surface area contributed by atoms with Gasteiger partial charge in [0.25, 0.3) is 5.91 Å². The average Bonchev–Trinajstić information content (AvgIpc) is 3.33. The Morgan fingerprint density at radius 1 is 0.972 bits per heavy atom. The first-order valence-corrected chi connectivity index (χ1v) is 11.7. The molecular weight excluding hydrogens is 450 g/mol. The van der Waals surface area contributed by atoms with Gasteiger partial charge in [0.2, 0.25) is 5.95 Å². The predicted octanol–water partition coefficient (Wildman–Crippen LogP) is 5.75. The van der Waals surface area contributed by atoms with Gasteiger partial charge in [-0.1, -0.05) is 32.0 Å². The van der Waals surface area contributed by atoms with E-state index in [9.17, 15) is 4.79 Å². The van der Waals surface area contributed by atoms with Crippen molar-refractivity contribution in [1.82, 2.24) is 19.9 Å². The lowest BCUT2D eigenvalue weighted by Crippen LogP contribution is -2.12. The van der Waals surface area contributed by atoms with Gasteiger partial charge in [0.05, 0.1) is 11.1 Å². The maximum Gasteiger partial charge on any atom is 0.250 e. The van der Waals surface area contributed by atoms with Crippen LogP contribution < -0.4 is 16.0 Å². The zero-order valence-corrected chi connectivity index (χ0v) is 20.4. The molecule has 8 nitrogen and oxygen atoms in total. The van der Waals surface area contributed by atoms with Crippen LogP contribution in [0.4, 0.5) is 23.1 Å². The number of amides is 1. The fourth-order valence-electron chi connectivity index (χ4n) is 4.02. The summed E-state index contributed by atoms with van der Waals surface area (Å²) in [7, 11) is 1.99. The number of H-pyrrole nitrogens is 1. The molecule has 2 heterocycles. The van der Waals surface area contributed by atoms with E-state index in [2.05, 4.69) is 63.4 Å². The van der Waals surface area contributed by atoms with Crippen molar-refractivity contribution in [2.24, 2.45) is 5.73 Å². The number of carbonyl (C=O) groups is 1. The zero-order valence-electron chi connectivity index (χ0n) is 20.4. The summed E-state index contributed by atoms with van der Waals surface area (Å²) >= 11 is 0. The first-order chi connectivity index (χ1) is 17.4. The van der Waals surface area contributed by atoms with Gasteiger partial charge in [-0.2, -0.15) is 4.98 Å². The number of aromatic nitrogens is 4. The topological polar surface area (TPSA) is 113 Å². The minimum Gasteiger partial charge on any atom is -0.366 e. The Labute approximate surface area is 209 Å². The van der Waals surface area contributed by atoms with E-state index >= 15 is 0 Å². The molecule has 0 saturated carbocycles. The van der Waals surface area contributed by atoms with Crippen molar-refractivity contribution in [2.45, 2.75) is 19.8 Å². The number of hydrogen-bond donors (Lipinski definition) is 3. The van der Waals surface area contributed by atoms with Crippen LogP contribution in [0.5, 0.6) is 0 Å². The van der Waals surface area contributed by atoms with Crippen molar-refractivity contribution in [3.8, 4) is 11.4 Å². The minimum absolute atomic E-state index is 0.395. The molecular formula is C28H27N7O. The number of fused-ring (bicyclic) bond motifs is 1. The second-order valence-corrected chi connectivity index (χ2v) is 8.90.